The number of nitrogens with zero attached hydrogens (tertiary/aromatic N) is 2. The molecule has 0 saturated carbocycles. The Labute approximate surface area is 160 Å². The van der Waals surface area contributed by atoms with Gasteiger partial charge in [-0.05, 0) is 44.2 Å². The number of carbonyl (C=O) groups excluding carboxylic acids is 1. The van der Waals surface area contributed by atoms with Crippen LogP contribution in [-0.4, -0.2) is 22.7 Å². The first-order valence-electron chi connectivity index (χ1n) is 8.50. The van der Waals surface area contributed by atoms with Crippen LogP contribution < -0.4 is 19.5 Å². The number of rotatable bonds is 4. The molecule has 0 bridgehead atoms. The Kier molecular flexibility index (Phi) is 4.52. The molecule has 1 aliphatic heterocycles. The first-order chi connectivity index (χ1) is 13.5. The predicted molar refractivity (Wildman–Crippen MR) is 98.5 cm³/mol. The van der Waals surface area contributed by atoms with Crippen LogP contribution in [0.3, 0.4) is 0 Å². The number of aryl methyl sites for hydroxylation is 2. The van der Waals surface area contributed by atoms with Gasteiger partial charge in [-0.1, -0.05) is 12.1 Å². The molecule has 28 heavy (non-hydrogen) atoms. The van der Waals surface area contributed by atoms with Crippen LogP contribution in [-0.2, 0) is 0 Å². The Bertz CT molecular complexity index is 1050. The number of hydrogen-bond donors (Lipinski definition) is 1. The highest BCUT2D eigenvalue weighted by atomic mass is 19.1. The molecule has 1 aliphatic rings. The number of amides is 1. The number of carbonyl (C=O) groups is 1. The van der Waals surface area contributed by atoms with Gasteiger partial charge in [-0.15, -0.1) is 0 Å². The second-order valence-corrected chi connectivity index (χ2v) is 6.11. The Morgan fingerprint density at radius 1 is 1.07 bits per heavy atom. The fourth-order valence-electron chi connectivity index (χ4n) is 2.76. The molecule has 0 fully saturated rings. The first-order valence-corrected chi connectivity index (χ1v) is 8.50. The molecule has 1 amide bonds. The van der Waals surface area contributed by atoms with E-state index in [1.165, 1.54) is 12.1 Å². The topological polar surface area (TPSA) is 82.6 Å². The van der Waals surface area contributed by atoms with Crippen molar-refractivity contribution in [1.29, 1.82) is 0 Å². The van der Waals surface area contributed by atoms with Gasteiger partial charge in [0.2, 0.25) is 6.79 Å². The molecule has 0 unspecified atom stereocenters. The van der Waals surface area contributed by atoms with E-state index in [1.807, 2.05) is 0 Å². The SMILES string of the molecule is Cc1nc(Oc2ccccc2F)nc(C)c1NC(=O)c1ccc2c(c1)OCO2. The minimum atomic E-state index is -0.512. The number of para-hydroxylation sites is 1. The number of ether oxygens (including phenoxy) is 3. The average Bonchev–Trinajstić information content (AvgIpc) is 3.14. The smallest absolute Gasteiger partial charge is 0.322 e. The van der Waals surface area contributed by atoms with E-state index in [0.717, 1.165) is 0 Å². The molecule has 2 heterocycles. The molecule has 7 nitrogen and oxygen atoms in total. The molecule has 2 aromatic carbocycles. The normalized spacial score (nSPS) is 12.0. The number of hydrogen-bond acceptors (Lipinski definition) is 6. The Balaban J connectivity index is 1.55. The fourth-order valence-corrected chi connectivity index (χ4v) is 2.76. The van der Waals surface area contributed by atoms with Crippen molar-refractivity contribution in [2.24, 2.45) is 0 Å². The minimum absolute atomic E-state index is 0.00109. The van der Waals surface area contributed by atoms with Crippen molar-refractivity contribution >= 4 is 11.6 Å². The van der Waals surface area contributed by atoms with Gasteiger partial charge in [0.15, 0.2) is 23.1 Å². The zero-order chi connectivity index (χ0) is 19.7. The maximum absolute atomic E-state index is 13.8. The molecule has 4 rings (SSSR count). The molecule has 1 N–H and O–H groups in total. The van der Waals surface area contributed by atoms with Crippen molar-refractivity contribution in [2.45, 2.75) is 13.8 Å². The van der Waals surface area contributed by atoms with Crippen LogP contribution in [0.15, 0.2) is 42.5 Å². The Hall–Kier alpha value is -3.68. The summed E-state index contributed by atoms with van der Waals surface area (Å²) in [6.45, 7) is 3.55. The van der Waals surface area contributed by atoms with E-state index in [-0.39, 0.29) is 24.5 Å². The zero-order valence-electron chi connectivity index (χ0n) is 15.2. The van der Waals surface area contributed by atoms with Crippen LogP contribution in [0.1, 0.15) is 21.7 Å². The third-order valence-electron chi connectivity index (χ3n) is 4.16. The summed E-state index contributed by atoms with van der Waals surface area (Å²) in [5, 5.41) is 2.80. The summed E-state index contributed by atoms with van der Waals surface area (Å²) >= 11 is 0. The largest absolute Gasteiger partial charge is 0.454 e. The third-order valence-corrected chi connectivity index (χ3v) is 4.16. The number of benzene rings is 2. The highest BCUT2D eigenvalue weighted by Gasteiger charge is 2.18. The van der Waals surface area contributed by atoms with Gasteiger partial charge in [0.1, 0.15) is 0 Å². The molecule has 0 saturated heterocycles. The van der Waals surface area contributed by atoms with Crippen LogP contribution in [0.4, 0.5) is 10.1 Å². The third kappa shape index (κ3) is 3.44. The maximum atomic E-state index is 13.8. The van der Waals surface area contributed by atoms with Crippen LogP contribution in [0, 0.1) is 19.7 Å². The van der Waals surface area contributed by atoms with Crippen LogP contribution in [0.25, 0.3) is 0 Å². The maximum Gasteiger partial charge on any atom is 0.322 e. The number of anilines is 1. The van der Waals surface area contributed by atoms with Gasteiger partial charge in [-0.3, -0.25) is 4.79 Å². The lowest BCUT2D eigenvalue weighted by atomic mass is 10.1. The van der Waals surface area contributed by atoms with E-state index in [4.69, 9.17) is 14.2 Å². The Morgan fingerprint density at radius 2 is 1.79 bits per heavy atom. The molecule has 3 aromatic rings. The van der Waals surface area contributed by atoms with E-state index in [1.54, 1.807) is 44.2 Å². The fraction of sp³-hybridized carbons (Fsp3) is 0.150. The number of halogens is 1. The summed E-state index contributed by atoms with van der Waals surface area (Å²) in [7, 11) is 0. The number of fused-ring (bicyclic) bond motifs is 1. The summed E-state index contributed by atoms with van der Waals surface area (Å²) in [5.41, 5.74) is 1.86. The monoisotopic (exact) mass is 381 g/mol. The number of nitrogens with one attached hydrogen (secondary N) is 1. The molecular weight excluding hydrogens is 365 g/mol. The Morgan fingerprint density at radius 3 is 2.54 bits per heavy atom. The van der Waals surface area contributed by atoms with E-state index >= 15 is 0 Å². The van der Waals surface area contributed by atoms with Crippen LogP contribution in [0.5, 0.6) is 23.3 Å². The van der Waals surface area contributed by atoms with E-state index < -0.39 is 5.82 Å². The lowest BCUT2D eigenvalue weighted by Gasteiger charge is -2.13. The molecule has 142 valence electrons. The highest BCUT2D eigenvalue weighted by Crippen LogP contribution is 2.33. The molecule has 0 atom stereocenters. The quantitative estimate of drug-likeness (QED) is 0.735. The van der Waals surface area contributed by atoms with Gasteiger partial charge < -0.3 is 19.5 Å². The zero-order valence-corrected chi connectivity index (χ0v) is 15.2. The second kappa shape index (κ2) is 7.15. The van der Waals surface area contributed by atoms with Gasteiger partial charge >= 0.3 is 6.01 Å². The van der Waals surface area contributed by atoms with E-state index in [9.17, 15) is 9.18 Å². The first kappa shape index (κ1) is 17.7. The van der Waals surface area contributed by atoms with Gasteiger partial charge in [-0.25, -0.2) is 4.39 Å². The summed E-state index contributed by atoms with van der Waals surface area (Å²) in [6, 6.07) is 10.9. The van der Waals surface area contributed by atoms with Gasteiger partial charge in [0, 0.05) is 5.56 Å². The van der Waals surface area contributed by atoms with Crippen molar-refractivity contribution < 1.29 is 23.4 Å². The van der Waals surface area contributed by atoms with Crippen LogP contribution in [0.2, 0.25) is 0 Å². The van der Waals surface area contributed by atoms with Crippen molar-refractivity contribution in [3.63, 3.8) is 0 Å². The minimum Gasteiger partial charge on any atom is -0.454 e. The molecule has 8 heteroatoms. The average molecular weight is 381 g/mol. The second-order valence-electron chi connectivity index (χ2n) is 6.11. The van der Waals surface area contributed by atoms with E-state index in [2.05, 4.69) is 15.3 Å². The molecule has 0 aliphatic carbocycles. The van der Waals surface area contributed by atoms with Gasteiger partial charge in [0.25, 0.3) is 5.91 Å². The number of aromatic nitrogens is 2. The summed E-state index contributed by atoms with van der Waals surface area (Å²) in [6.07, 6.45) is 0. The lowest BCUT2D eigenvalue weighted by molar-refractivity contribution is 0.102. The predicted octanol–water partition coefficient (Wildman–Crippen LogP) is 4.01. The molecule has 1 aromatic heterocycles. The van der Waals surface area contributed by atoms with Crippen molar-refractivity contribution in [1.82, 2.24) is 9.97 Å². The standard InChI is InChI=1S/C20H16FN3O4/c1-11-18(24-19(25)13-7-8-16-17(9-13)27-10-26-16)12(2)23-20(22-11)28-15-6-4-3-5-14(15)21/h3-9H,10H2,1-2H3,(H,24,25). The lowest BCUT2D eigenvalue weighted by Crippen LogP contribution is -2.15. The molecule has 0 spiro atoms. The van der Waals surface area contributed by atoms with Crippen LogP contribution >= 0.6 is 0 Å². The summed E-state index contributed by atoms with van der Waals surface area (Å²) in [5.74, 6) is 0.295. The van der Waals surface area contributed by atoms with Gasteiger partial charge in [0.05, 0.1) is 17.1 Å². The highest BCUT2D eigenvalue weighted by molar-refractivity contribution is 6.05. The van der Waals surface area contributed by atoms with Crippen molar-refractivity contribution in [2.75, 3.05) is 12.1 Å². The van der Waals surface area contributed by atoms with Crippen molar-refractivity contribution in [3.05, 3.63) is 65.2 Å². The van der Waals surface area contributed by atoms with Crippen molar-refractivity contribution in [3.8, 4) is 23.3 Å². The molecular formula is C20H16FN3O4. The molecule has 0 radical (unpaired) electrons. The van der Waals surface area contributed by atoms with E-state index in [0.29, 0.717) is 34.1 Å². The summed E-state index contributed by atoms with van der Waals surface area (Å²) < 4.78 is 29.7. The van der Waals surface area contributed by atoms with Gasteiger partial charge in [-0.2, -0.15) is 9.97 Å². The summed E-state index contributed by atoms with van der Waals surface area (Å²) in [4.78, 5) is 21.0.